The van der Waals surface area contributed by atoms with Gasteiger partial charge in [-0.2, -0.15) is 0 Å². The number of ether oxygens (including phenoxy) is 2. The molecule has 0 radical (unpaired) electrons. The summed E-state index contributed by atoms with van der Waals surface area (Å²) in [6, 6.07) is 15.7. The number of nitrogens with one attached hydrogen (secondary N) is 1. The maximum absolute atomic E-state index is 5.94. The third kappa shape index (κ3) is 4.76. The van der Waals surface area contributed by atoms with Crippen LogP contribution in [0.15, 0.2) is 48.5 Å². The maximum Gasteiger partial charge on any atom is 0.119 e. The fourth-order valence-electron chi connectivity index (χ4n) is 1.75. The summed E-state index contributed by atoms with van der Waals surface area (Å²) >= 11 is 5.94. The third-order valence-corrected chi connectivity index (χ3v) is 3.04. The topological polar surface area (TPSA) is 30.5 Å². The number of anilines is 1. The van der Waals surface area contributed by atoms with Crippen molar-refractivity contribution in [3.63, 3.8) is 0 Å². The fourth-order valence-corrected chi connectivity index (χ4v) is 1.94. The second-order valence-corrected chi connectivity index (χ2v) is 4.79. The Kier molecular flexibility index (Phi) is 5.71. The van der Waals surface area contributed by atoms with Gasteiger partial charge in [0.2, 0.25) is 0 Å². The normalized spacial score (nSPS) is 10.3. The van der Waals surface area contributed by atoms with E-state index >= 15 is 0 Å². The lowest BCUT2D eigenvalue weighted by atomic mass is 10.2. The molecule has 0 aliphatic carbocycles. The zero-order valence-electron chi connectivity index (χ0n) is 11.4. The molecular weight excluding hydrogens is 274 g/mol. The molecule has 0 aromatic heterocycles. The molecule has 0 fully saturated rings. The Morgan fingerprint density at radius 1 is 1.05 bits per heavy atom. The van der Waals surface area contributed by atoms with Crippen molar-refractivity contribution in [1.82, 2.24) is 0 Å². The van der Waals surface area contributed by atoms with Crippen molar-refractivity contribution >= 4 is 17.3 Å². The van der Waals surface area contributed by atoms with Crippen molar-refractivity contribution in [3.8, 4) is 5.75 Å². The monoisotopic (exact) mass is 291 g/mol. The average molecular weight is 292 g/mol. The van der Waals surface area contributed by atoms with Gasteiger partial charge in [-0.3, -0.25) is 0 Å². The first-order valence-corrected chi connectivity index (χ1v) is 6.86. The van der Waals surface area contributed by atoms with Gasteiger partial charge in [-0.15, -0.1) is 0 Å². The van der Waals surface area contributed by atoms with Crippen molar-refractivity contribution in [2.45, 2.75) is 6.54 Å². The van der Waals surface area contributed by atoms with Crippen molar-refractivity contribution < 1.29 is 9.47 Å². The predicted octanol–water partition coefficient (Wildman–Crippen LogP) is 3.98. The SMILES string of the molecule is COCCOc1ccc(CNc2cccc(Cl)c2)cc1. The third-order valence-electron chi connectivity index (χ3n) is 2.80. The molecule has 3 nitrogen and oxygen atoms in total. The molecule has 0 aliphatic heterocycles. The Bertz CT molecular complexity index is 528. The molecular formula is C16H18ClNO2. The first kappa shape index (κ1) is 14.7. The molecule has 4 heteroatoms. The second kappa shape index (κ2) is 7.78. The zero-order chi connectivity index (χ0) is 14.2. The van der Waals surface area contributed by atoms with E-state index in [0.29, 0.717) is 13.2 Å². The molecule has 2 aromatic rings. The zero-order valence-corrected chi connectivity index (χ0v) is 12.2. The molecule has 0 aliphatic rings. The molecule has 20 heavy (non-hydrogen) atoms. The van der Waals surface area contributed by atoms with Crippen molar-refractivity contribution in [3.05, 3.63) is 59.1 Å². The van der Waals surface area contributed by atoms with Crippen LogP contribution in [0.2, 0.25) is 5.02 Å². The molecule has 0 spiro atoms. The van der Waals surface area contributed by atoms with E-state index in [1.54, 1.807) is 7.11 Å². The van der Waals surface area contributed by atoms with Crippen LogP contribution in [0, 0.1) is 0 Å². The van der Waals surface area contributed by atoms with Crippen molar-refractivity contribution in [2.24, 2.45) is 0 Å². The summed E-state index contributed by atoms with van der Waals surface area (Å²) in [4.78, 5) is 0. The van der Waals surface area contributed by atoms with Crippen LogP contribution < -0.4 is 10.1 Å². The van der Waals surface area contributed by atoms with E-state index in [0.717, 1.165) is 23.0 Å². The highest BCUT2D eigenvalue weighted by molar-refractivity contribution is 6.30. The lowest BCUT2D eigenvalue weighted by Gasteiger charge is -2.09. The highest BCUT2D eigenvalue weighted by Gasteiger charge is 1.97. The Balaban J connectivity index is 1.84. The van der Waals surface area contributed by atoms with E-state index < -0.39 is 0 Å². The van der Waals surface area contributed by atoms with Gasteiger partial charge in [-0.05, 0) is 35.9 Å². The summed E-state index contributed by atoms with van der Waals surface area (Å²) in [6.07, 6.45) is 0. The fraction of sp³-hybridized carbons (Fsp3) is 0.250. The van der Waals surface area contributed by atoms with E-state index in [1.165, 1.54) is 5.56 Å². The lowest BCUT2D eigenvalue weighted by molar-refractivity contribution is 0.146. The number of hydrogen-bond donors (Lipinski definition) is 1. The van der Waals surface area contributed by atoms with E-state index in [-0.39, 0.29) is 0 Å². The van der Waals surface area contributed by atoms with Crippen LogP contribution in [-0.4, -0.2) is 20.3 Å². The summed E-state index contributed by atoms with van der Waals surface area (Å²) in [6.45, 7) is 1.91. The van der Waals surface area contributed by atoms with Gasteiger partial charge in [0.1, 0.15) is 12.4 Å². The minimum absolute atomic E-state index is 0.566. The highest BCUT2D eigenvalue weighted by atomic mass is 35.5. The van der Waals surface area contributed by atoms with Crippen LogP contribution in [0.5, 0.6) is 5.75 Å². The number of rotatable bonds is 7. The molecule has 0 bridgehead atoms. The quantitative estimate of drug-likeness (QED) is 0.783. The van der Waals surface area contributed by atoms with Gasteiger partial charge >= 0.3 is 0 Å². The van der Waals surface area contributed by atoms with E-state index in [4.69, 9.17) is 21.1 Å². The first-order valence-electron chi connectivity index (χ1n) is 6.48. The highest BCUT2D eigenvalue weighted by Crippen LogP contribution is 2.17. The molecule has 0 heterocycles. The Morgan fingerprint density at radius 2 is 1.85 bits per heavy atom. The van der Waals surface area contributed by atoms with Crippen molar-refractivity contribution in [1.29, 1.82) is 0 Å². The van der Waals surface area contributed by atoms with Crippen LogP contribution in [0.3, 0.4) is 0 Å². The van der Waals surface area contributed by atoms with Crippen molar-refractivity contribution in [2.75, 3.05) is 25.6 Å². The Hall–Kier alpha value is -1.71. The van der Waals surface area contributed by atoms with Gasteiger partial charge in [-0.25, -0.2) is 0 Å². The van der Waals surface area contributed by atoms with Crippen LogP contribution in [0.25, 0.3) is 0 Å². The summed E-state index contributed by atoms with van der Waals surface area (Å²) < 4.78 is 10.5. The lowest BCUT2D eigenvalue weighted by Crippen LogP contribution is -2.04. The second-order valence-electron chi connectivity index (χ2n) is 4.35. The first-order chi connectivity index (χ1) is 9.78. The molecule has 0 saturated carbocycles. The van der Waals surface area contributed by atoms with Gasteiger partial charge < -0.3 is 14.8 Å². The number of hydrogen-bond acceptors (Lipinski definition) is 3. The van der Waals surface area contributed by atoms with Gasteiger partial charge in [0, 0.05) is 24.4 Å². The smallest absolute Gasteiger partial charge is 0.119 e. The van der Waals surface area contributed by atoms with Crippen LogP contribution in [-0.2, 0) is 11.3 Å². The van der Waals surface area contributed by atoms with Gasteiger partial charge in [0.05, 0.1) is 6.61 Å². The summed E-state index contributed by atoms with van der Waals surface area (Å²) in [7, 11) is 1.66. The van der Waals surface area contributed by atoms with Gasteiger partial charge in [0.25, 0.3) is 0 Å². The van der Waals surface area contributed by atoms with E-state index in [2.05, 4.69) is 5.32 Å². The summed E-state index contributed by atoms with van der Waals surface area (Å²) in [5, 5.41) is 4.06. The standard InChI is InChI=1S/C16H18ClNO2/c1-19-9-10-20-16-7-5-13(6-8-16)12-18-15-4-2-3-14(17)11-15/h2-8,11,18H,9-10,12H2,1H3. The van der Waals surface area contributed by atoms with Crippen LogP contribution in [0.1, 0.15) is 5.56 Å². The molecule has 2 rings (SSSR count). The Labute approximate surface area is 124 Å². The van der Waals surface area contributed by atoms with Crippen LogP contribution in [0.4, 0.5) is 5.69 Å². The molecule has 106 valence electrons. The number of methoxy groups -OCH3 is 1. The van der Waals surface area contributed by atoms with E-state index in [9.17, 15) is 0 Å². The average Bonchev–Trinajstić information content (AvgIpc) is 2.47. The molecule has 0 unspecified atom stereocenters. The minimum Gasteiger partial charge on any atom is -0.491 e. The molecule has 0 amide bonds. The minimum atomic E-state index is 0.566. The summed E-state index contributed by atoms with van der Waals surface area (Å²) in [5.74, 6) is 0.855. The number of halogens is 1. The van der Waals surface area contributed by atoms with Gasteiger partial charge in [-0.1, -0.05) is 29.8 Å². The molecule has 2 aromatic carbocycles. The number of benzene rings is 2. The molecule has 1 N–H and O–H groups in total. The molecule has 0 atom stereocenters. The largest absolute Gasteiger partial charge is 0.491 e. The Morgan fingerprint density at radius 3 is 2.55 bits per heavy atom. The summed E-state index contributed by atoms with van der Waals surface area (Å²) in [5.41, 5.74) is 2.20. The van der Waals surface area contributed by atoms with Gasteiger partial charge in [0.15, 0.2) is 0 Å². The van der Waals surface area contributed by atoms with E-state index in [1.807, 2.05) is 48.5 Å². The molecule has 0 saturated heterocycles. The van der Waals surface area contributed by atoms with Crippen LogP contribution >= 0.6 is 11.6 Å². The maximum atomic E-state index is 5.94. The predicted molar refractivity (Wildman–Crippen MR) is 82.6 cm³/mol.